The summed E-state index contributed by atoms with van der Waals surface area (Å²) in [7, 11) is 0. The van der Waals surface area contributed by atoms with E-state index in [2.05, 4.69) is 35.8 Å². The summed E-state index contributed by atoms with van der Waals surface area (Å²) >= 11 is 1.62. The molecule has 0 spiro atoms. The summed E-state index contributed by atoms with van der Waals surface area (Å²) < 4.78 is 0. The third-order valence-electron chi connectivity index (χ3n) is 4.47. The molecule has 10 heteroatoms. The molecule has 2 atom stereocenters. The van der Waals surface area contributed by atoms with Gasteiger partial charge in [-0.3, -0.25) is 4.79 Å². The number of thiazole rings is 1. The number of anilines is 1. The van der Waals surface area contributed by atoms with E-state index in [-0.39, 0.29) is 5.92 Å². The number of hydrogen-bond acceptors (Lipinski definition) is 8. The molecule has 25 heavy (non-hydrogen) atoms. The number of carboxylic acid groups (broad SMARTS) is 1. The van der Waals surface area contributed by atoms with Crippen molar-refractivity contribution in [2.75, 3.05) is 31.1 Å². The van der Waals surface area contributed by atoms with Crippen LogP contribution in [0.3, 0.4) is 0 Å². The van der Waals surface area contributed by atoms with Crippen molar-refractivity contribution in [1.82, 2.24) is 30.9 Å². The summed E-state index contributed by atoms with van der Waals surface area (Å²) in [6.07, 6.45) is 3.80. The number of aliphatic carboxylic acids is 1. The molecule has 1 aliphatic heterocycles. The molecule has 0 bridgehead atoms. The Labute approximate surface area is 149 Å². The highest BCUT2D eigenvalue weighted by molar-refractivity contribution is 7.15. The van der Waals surface area contributed by atoms with Crippen molar-refractivity contribution in [3.05, 3.63) is 16.9 Å². The fraction of sp³-hybridized carbons (Fsp3) is 0.667. The average Bonchev–Trinajstić information content (AvgIpc) is 3.30. The number of aromatic amines is 1. The topological polar surface area (TPSA) is 120 Å². The Morgan fingerprint density at radius 2 is 2.24 bits per heavy atom. The minimum absolute atomic E-state index is 0.288. The summed E-state index contributed by atoms with van der Waals surface area (Å²) in [6, 6.07) is 0. The van der Waals surface area contributed by atoms with Gasteiger partial charge in [0.1, 0.15) is 0 Å². The number of tetrazole rings is 1. The van der Waals surface area contributed by atoms with Gasteiger partial charge in [-0.15, -0.1) is 16.4 Å². The first-order chi connectivity index (χ1) is 12.2. The molecule has 3 heterocycles. The van der Waals surface area contributed by atoms with Crippen molar-refractivity contribution < 1.29 is 9.90 Å². The van der Waals surface area contributed by atoms with Gasteiger partial charge in [-0.25, -0.2) is 10.1 Å². The van der Waals surface area contributed by atoms with Gasteiger partial charge in [-0.2, -0.15) is 0 Å². The zero-order valence-electron chi connectivity index (χ0n) is 14.2. The van der Waals surface area contributed by atoms with Crippen LogP contribution in [-0.2, 0) is 11.2 Å². The maximum Gasteiger partial charge on any atom is 0.307 e. The van der Waals surface area contributed by atoms with E-state index in [4.69, 9.17) is 0 Å². The van der Waals surface area contributed by atoms with Gasteiger partial charge in [0, 0.05) is 43.2 Å². The molecule has 3 N–H and O–H groups in total. The van der Waals surface area contributed by atoms with Gasteiger partial charge < -0.3 is 15.3 Å². The Morgan fingerprint density at radius 1 is 1.44 bits per heavy atom. The molecular formula is C15H23N7O2S. The highest BCUT2D eigenvalue weighted by atomic mass is 32.1. The molecule has 0 aromatic carbocycles. The van der Waals surface area contributed by atoms with Gasteiger partial charge in [0.15, 0.2) is 11.0 Å². The van der Waals surface area contributed by atoms with E-state index < -0.39 is 11.9 Å². The molecule has 0 amide bonds. The van der Waals surface area contributed by atoms with Gasteiger partial charge in [-0.05, 0) is 23.3 Å². The molecule has 2 aromatic heterocycles. The molecule has 1 aliphatic rings. The number of nitrogens with zero attached hydrogens (tertiary/aromatic N) is 5. The normalized spacial score (nSPS) is 17.4. The second-order valence-corrected chi connectivity index (χ2v) is 7.27. The number of H-pyrrole nitrogens is 1. The first kappa shape index (κ1) is 17.7. The lowest BCUT2D eigenvalue weighted by atomic mass is 9.85. The molecule has 136 valence electrons. The lowest BCUT2D eigenvalue weighted by molar-refractivity contribution is -0.142. The van der Waals surface area contributed by atoms with E-state index in [9.17, 15) is 9.90 Å². The highest BCUT2D eigenvalue weighted by Gasteiger charge is 2.32. The molecular weight excluding hydrogens is 342 g/mol. The SMILES string of the molecule is CCCC(C(=O)O)[C@H](Cc1cnc(N2CCNCC2)s1)c1nnn[nH]1. The van der Waals surface area contributed by atoms with Crippen LogP contribution < -0.4 is 10.2 Å². The minimum atomic E-state index is -0.810. The summed E-state index contributed by atoms with van der Waals surface area (Å²) in [5.74, 6) is -1.10. The van der Waals surface area contributed by atoms with Crippen LogP contribution in [0.2, 0.25) is 0 Å². The molecule has 0 aliphatic carbocycles. The summed E-state index contributed by atoms with van der Waals surface area (Å²) in [5, 5.41) is 28.0. The molecule has 9 nitrogen and oxygen atoms in total. The smallest absolute Gasteiger partial charge is 0.307 e. The largest absolute Gasteiger partial charge is 0.481 e. The molecule has 0 radical (unpaired) electrons. The van der Waals surface area contributed by atoms with Crippen molar-refractivity contribution in [1.29, 1.82) is 0 Å². The van der Waals surface area contributed by atoms with Crippen LogP contribution >= 0.6 is 11.3 Å². The molecule has 0 saturated carbocycles. The summed E-state index contributed by atoms with van der Waals surface area (Å²) in [5.41, 5.74) is 0. The zero-order chi connectivity index (χ0) is 17.6. The highest BCUT2D eigenvalue weighted by Crippen LogP contribution is 2.33. The lowest BCUT2D eigenvalue weighted by Crippen LogP contribution is -2.43. The van der Waals surface area contributed by atoms with E-state index >= 15 is 0 Å². The Bertz CT molecular complexity index is 669. The number of aromatic nitrogens is 5. The van der Waals surface area contributed by atoms with Gasteiger partial charge in [-0.1, -0.05) is 13.3 Å². The van der Waals surface area contributed by atoms with Crippen LogP contribution in [-0.4, -0.2) is 62.9 Å². The van der Waals surface area contributed by atoms with Crippen LogP contribution in [0.25, 0.3) is 0 Å². The van der Waals surface area contributed by atoms with E-state index in [0.717, 1.165) is 42.6 Å². The third kappa shape index (κ3) is 4.31. The Balaban J connectivity index is 1.78. The van der Waals surface area contributed by atoms with Crippen molar-refractivity contribution in [2.45, 2.75) is 32.1 Å². The first-order valence-electron chi connectivity index (χ1n) is 8.55. The van der Waals surface area contributed by atoms with Gasteiger partial charge in [0.25, 0.3) is 0 Å². The lowest BCUT2D eigenvalue weighted by Gasteiger charge is -2.26. The van der Waals surface area contributed by atoms with E-state index in [1.807, 2.05) is 13.1 Å². The quantitative estimate of drug-likeness (QED) is 0.631. The van der Waals surface area contributed by atoms with E-state index in [1.165, 1.54) is 0 Å². The molecule has 1 saturated heterocycles. The molecule has 2 aromatic rings. The van der Waals surface area contributed by atoms with E-state index in [1.54, 1.807) is 11.3 Å². The Kier molecular flexibility index (Phi) is 5.92. The van der Waals surface area contributed by atoms with Gasteiger partial charge in [0.05, 0.1) is 5.92 Å². The number of carboxylic acids is 1. The third-order valence-corrected chi connectivity index (χ3v) is 5.55. The van der Waals surface area contributed by atoms with Crippen molar-refractivity contribution in [3.63, 3.8) is 0 Å². The molecule has 3 rings (SSSR count). The number of nitrogens with one attached hydrogen (secondary N) is 2. The predicted molar refractivity (Wildman–Crippen MR) is 93.9 cm³/mol. The van der Waals surface area contributed by atoms with Crippen molar-refractivity contribution in [3.8, 4) is 0 Å². The maximum atomic E-state index is 11.8. The second-order valence-electron chi connectivity index (χ2n) is 6.18. The van der Waals surface area contributed by atoms with Crippen LogP contribution in [0, 0.1) is 5.92 Å². The first-order valence-corrected chi connectivity index (χ1v) is 9.37. The monoisotopic (exact) mass is 365 g/mol. The predicted octanol–water partition coefficient (Wildman–Crippen LogP) is 0.893. The number of hydrogen-bond donors (Lipinski definition) is 3. The number of carbonyl (C=O) groups is 1. The Hall–Kier alpha value is -2.07. The van der Waals surface area contributed by atoms with Crippen LogP contribution in [0.15, 0.2) is 6.20 Å². The second kappa shape index (κ2) is 8.34. The fourth-order valence-corrected chi connectivity index (χ4v) is 4.19. The summed E-state index contributed by atoms with van der Waals surface area (Å²) in [4.78, 5) is 19.6. The average molecular weight is 365 g/mol. The van der Waals surface area contributed by atoms with Crippen LogP contribution in [0.4, 0.5) is 5.13 Å². The van der Waals surface area contributed by atoms with Crippen molar-refractivity contribution >= 4 is 22.4 Å². The molecule has 1 unspecified atom stereocenters. The number of piperazine rings is 1. The maximum absolute atomic E-state index is 11.8. The van der Waals surface area contributed by atoms with Crippen LogP contribution in [0.1, 0.15) is 36.4 Å². The zero-order valence-corrected chi connectivity index (χ0v) is 15.0. The fourth-order valence-electron chi connectivity index (χ4n) is 3.17. The van der Waals surface area contributed by atoms with Gasteiger partial charge >= 0.3 is 5.97 Å². The number of rotatable bonds is 8. The van der Waals surface area contributed by atoms with Crippen molar-refractivity contribution in [2.24, 2.45) is 5.92 Å². The van der Waals surface area contributed by atoms with Gasteiger partial charge in [0.2, 0.25) is 0 Å². The van der Waals surface area contributed by atoms with E-state index in [0.29, 0.717) is 18.7 Å². The summed E-state index contributed by atoms with van der Waals surface area (Å²) in [6.45, 7) is 5.78. The Morgan fingerprint density at radius 3 is 2.88 bits per heavy atom. The minimum Gasteiger partial charge on any atom is -0.481 e. The van der Waals surface area contributed by atoms with Crippen LogP contribution in [0.5, 0.6) is 0 Å². The molecule has 1 fully saturated rings. The standard InChI is InChI=1S/C15H23N7O2S/c1-2-3-11(14(23)24)12(13-18-20-21-19-13)8-10-9-17-15(25-10)22-6-4-16-5-7-22/h9,11-12,16H,2-8H2,1H3,(H,23,24)(H,18,19,20,21)/t11?,12-/m0/s1.